The molecule has 0 saturated heterocycles. The Labute approximate surface area is 168 Å². The highest BCUT2D eigenvalue weighted by atomic mass is 16.2. The van der Waals surface area contributed by atoms with Gasteiger partial charge in [-0.05, 0) is 25.0 Å². The van der Waals surface area contributed by atoms with Crippen LogP contribution in [0.2, 0.25) is 0 Å². The fourth-order valence-corrected chi connectivity index (χ4v) is 3.10. The summed E-state index contributed by atoms with van der Waals surface area (Å²) in [7, 11) is 3.29. The van der Waals surface area contributed by atoms with Gasteiger partial charge in [-0.25, -0.2) is 4.98 Å². The summed E-state index contributed by atoms with van der Waals surface area (Å²) in [5, 5.41) is 14.0. The van der Waals surface area contributed by atoms with Crippen LogP contribution >= 0.6 is 0 Å². The Morgan fingerprint density at radius 1 is 1.17 bits per heavy atom. The van der Waals surface area contributed by atoms with Crippen LogP contribution in [0.25, 0.3) is 0 Å². The molecular weight excluding hydrogens is 374 g/mol. The van der Waals surface area contributed by atoms with Crippen LogP contribution < -0.4 is 22.1 Å². The Morgan fingerprint density at radius 3 is 2.55 bits per heavy atom. The van der Waals surface area contributed by atoms with Crippen molar-refractivity contribution in [1.82, 2.24) is 25.1 Å². The summed E-state index contributed by atoms with van der Waals surface area (Å²) in [6.45, 7) is 0. The van der Waals surface area contributed by atoms with Crippen LogP contribution in [0.1, 0.15) is 46.7 Å². The molecule has 154 valence electrons. The summed E-state index contributed by atoms with van der Waals surface area (Å²) in [6.07, 6.45) is 5.49. The van der Waals surface area contributed by atoms with E-state index in [4.69, 9.17) is 11.5 Å². The van der Waals surface area contributed by atoms with Crippen molar-refractivity contribution in [2.75, 3.05) is 24.7 Å². The third-order valence-electron chi connectivity index (χ3n) is 4.71. The van der Waals surface area contributed by atoms with E-state index >= 15 is 0 Å². The molecule has 2 amide bonds. The Kier molecular flexibility index (Phi) is 6.17. The minimum absolute atomic E-state index is 0.00514. The molecule has 0 aliphatic heterocycles. The van der Waals surface area contributed by atoms with Gasteiger partial charge in [0.2, 0.25) is 5.95 Å². The number of hydrogen-bond acceptors (Lipinski definition) is 9. The largest absolute Gasteiger partial charge is 0.364 e. The molecule has 1 fully saturated rings. The number of pyridine rings is 1. The highest BCUT2D eigenvalue weighted by molar-refractivity contribution is 5.96. The third kappa shape index (κ3) is 4.93. The van der Waals surface area contributed by atoms with E-state index in [9.17, 15) is 9.59 Å². The smallest absolute Gasteiger partial charge is 0.273 e. The number of anilines is 3. The molecule has 0 radical (unpaired) electrons. The van der Waals surface area contributed by atoms with E-state index in [2.05, 4.69) is 30.8 Å². The first-order valence-corrected chi connectivity index (χ1v) is 9.36. The third-order valence-corrected chi connectivity index (χ3v) is 4.71. The quantitative estimate of drug-likeness (QED) is 0.541. The van der Waals surface area contributed by atoms with Crippen molar-refractivity contribution in [2.45, 2.75) is 37.8 Å². The predicted octanol–water partition coefficient (Wildman–Crippen LogP) is 0.493. The van der Waals surface area contributed by atoms with Gasteiger partial charge in [-0.15, -0.1) is 10.2 Å². The minimum atomic E-state index is -0.763. The van der Waals surface area contributed by atoms with Crippen molar-refractivity contribution in [3.8, 4) is 0 Å². The van der Waals surface area contributed by atoms with Crippen molar-refractivity contribution >= 4 is 29.3 Å². The lowest BCUT2D eigenvalue weighted by Gasteiger charge is -2.29. The van der Waals surface area contributed by atoms with Crippen LogP contribution in [-0.4, -0.2) is 63.1 Å². The maximum Gasteiger partial charge on any atom is 0.273 e. The van der Waals surface area contributed by atoms with Crippen LogP contribution in [0.15, 0.2) is 18.3 Å². The van der Waals surface area contributed by atoms with Crippen LogP contribution in [-0.2, 0) is 0 Å². The standard InChI is InChI=1S/C18H25N9O2/c1-27(2)17(29)13-8-7-10(9-21-13)22-16-14(15(20)28)25-26-18(24-16)23-12-6-4-3-5-11(12)19/h7-9,11-12H,3-6,19H2,1-2H3,(H2,20,28)(H2,22,23,24,26)/t11-,12+/m0/s1. The lowest BCUT2D eigenvalue weighted by Crippen LogP contribution is -2.43. The molecule has 2 heterocycles. The second-order valence-electron chi connectivity index (χ2n) is 7.15. The van der Waals surface area contributed by atoms with Crippen LogP contribution in [0.5, 0.6) is 0 Å². The average molecular weight is 399 g/mol. The fraction of sp³-hybridized carbons (Fsp3) is 0.444. The van der Waals surface area contributed by atoms with E-state index in [-0.39, 0.29) is 35.5 Å². The van der Waals surface area contributed by atoms with Gasteiger partial charge in [-0.2, -0.15) is 4.98 Å². The Morgan fingerprint density at radius 2 is 1.93 bits per heavy atom. The van der Waals surface area contributed by atoms with Crippen molar-refractivity contribution < 1.29 is 9.59 Å². The number of rotatable bonds is 6. The van der Waals surface area contributed by atoms with Crippen molar-refractivity contribution in [1.29, 1.82) is 0 Å². The molecule has 11 nitrogen and oxygen atoms in total. The molecule has 0 unspecified atom stereocenters. The summed E-state index contributed by atoms with van der Waals surface area (Å²) in [5.74, 6) is -0.575. The minimum Gasteiger partial charge on any atom is -0.364 e. The van der Waals surface area contributed by atoms with Gasteiger partial charge in [0.05, 0.1) is 11.9 Å². The highest BCUT2D eigenvalue weighted by Crippen LogP contribution is 2.22. The predicted molar refractivity (Wildman–Crippen MR) is 108 cm³/mol. The van der Waals surface area contributed by atoms with E-state index in [0.717, 1.165) is 25.7 Å². The summed E-state index contributed by atoms with van der Waals surface area (Å²) in [5.41, 5.74) is 12.3. The van der Waals surface area contributed by atoms with Crippen molar-refractivity contribution in [2.24, 2.45) is 11.5 Å². The van der Waals surface area contributed by atoms with Gasteiger partial charge >= 0.3 is 0 Å². The molecule has 11 heteroatoms. The normalized spacial score (nSPS) is 18.7. The van der Waals surface area contributed by atoms with Gasteiger partial charge in [-0.1, -0.05) is 12.8 Å². The molecule has 1 saturated carbocycles. The molecule has 1 aliphatic rings. The molecule has 2 aromatic rings. The first kappa shape index (κ1) is 20.4. The van der Waals surface area contributed by atoms with Crippen molar-refractivity contribution in [3.63, 3.8) is 0 Å². The van der Waals surface area contributed by atoms with E-state index in [0.29, 0.717) is 11.4 Å². The first-order valence-electron chi connectivity index (χ1n) is 9.36. The lowest BCUT2D eigenvalue weighted by molar-refractivity contribution is 0.0821. The number of carbonyl (C=O) groups excluding carboxylic acids is 2. The van der Waals surface area contributed by atoms with Crippen molar-refractivity contribution in [3.05, 3.63) is 29.7 Å². The number of nitrogens with zero attached hydrogens (tertiary/aromatic N) is 5. The van der Waals surface area contributed by atoms with Crippen LogP contribution in [0.3, 0.4) is 0 Å². The first-order chi connectivity index (χ1) is 13.8. The van der Waals surface area contributed by atoms with E-state index in [1.807, 2.05) is 0 Å². The zero-order valence-corrected chi connectivity index (χ0v) is 16.4. The highest BCUT2D eigenvalue weighted by Gasteiger charge is 2.23. The molecule has 3 rings (SSSR count). The van der Waals surface area contributed by atoms with Gasteiger partial charge < -0.3 is 27.0 Å². The Balaban J connectivity index is 1.81. The molecule has 0 bridgehead atoms. The number of primary amides is 1. The molecular formula is C18H25N9O2. The molecule has 0 aromatic carbocycles. The average Bonchev–Trinajstić information content (AvgIpc) is 2.69. The van der Waals surface area contributed by atoms with E-state index < -0.39 is 5.91 Å². The van der Waals surface area contributed by atoms with Gasteiger partial charge in [0.1, 0.15) is 5.69 Å². The van der Waals surface area contributed by atoms with Gasteiger partial charge in [0.25, 0.3) is 11.8 Å². The maximum atomic E-state index is 12.0. The number of nitrogens with two attached hydrogens (primary N) is 2. The van der Waals surface area contributed by atoms with Gasteiger partial charge in [0, 0.05) is 26.2 Å². The summed E-state index contributed by atoms with van der Waals surface area (Å²) in [6, 6.07) is 3.27. The number of amides is 2. The Bertz CT molecular complexity index is 885. The van der Waals surface area contributed by atoms with Crippen LogP contribution in [0, 0.1) is 0 Å². The summed E-state index contributed by atoms with van der Waals surface area (Å²) >= 11 is 0. The van der Waals surface area contributed by atoms with Gasteiger partial charge in [-0.3, -0.25) is 9.59 Å². The van der Waals surface area contributed by atoms with E-state index in [1.54, 1.807) is 26.2 Å². The Hall–Kier alpha value is -3.34. The molecule has 2 aromatic heterocycles. The zero-order chi connectivity index (χ0) is 21.0. The monoisotopic (exact) mass is 399 g/mol. The zero-order valence-electron chi connectivity index (χ0n) is 16.4. The second-order valence-corrected chi connectivity index (χ2v) is 7.15. The fourth-order valence-electron chi connectivity index (χ4n) is 3.10. The molecule has 6 N–H and O–H groups in total. The SMILES string of the molecule is CN(C)C(=O)c1ccc(Nc2nc(N[C@@H]3CCCC[C@@H]3N)nnc2C(N)=O)cn1. The number of aromatic nitrogens is 4. The molecule has 29 heavy (non-hydrogen) atoms. The topological polar surface area (TPSA) is 165 Å². The summed E-state index contributed by atoms with van der Waals surface area (Å²) < 4.78 is 0. The van der Waals surface area contributed by atoms with Gasteiger partial charge in [0.15, 0.2) is 11.5 Å². The molecule has 1 aliphatic carbocycles. The maximum absolute atomic E-state index is 12.0. The second kappa shape index (κ2) is 8.78. The van der Waals surface area contributed by atoms with Crippen LogP contribution in [0.4, 0.5) is 17.5 Å². The van der Waals surface area contributed by atoms with E-state index in [1.165, 1.54) is 11.1 Å². The lowest BCUT2D eigenvalue weighted by atomic mass is 9.91. The number of nitrogens with one attached hydrogen (secondary N) is 2. The molecule has 0 spiro atoms. The summed E-state index contributed by atoms with van der Waals surface area (Å²) in [4.78, 5) is 33.6. The number of carbonyl (C=O) groups is 2. The number of hydrogen-bond donors (Lipinski definition) is 4. The molecule has 2 atom stereocenters.